The molecule has 0 N–H and O–H groups in total. The van der Waals surface area contributed by atoms with Crippen LogP contribution < -0.4 is 5.19 Å². The molecule has 2 rings (SSSR count). The summed E-state index contributed by atoms with van der Waals surface area (Å²) in [5.41, 5.74) is 5.64. The zero-order chi connectivity index (χ0) is 20.9. The quantitative estimate of drug-likeness (QED) is 0.431. The summed E-state index contributed by atoms with van der Waals surface area (Å²) in [4.78, 5) is 0. The van der Waals surface area contributed by atoms with Crippen LogP contribution in [0.15, 0.2) is 48.5 Å². The molecule has 1 unspecified atom stereocenters. The van der Waals surface area contributed by atoms with Crippen LogP contribution in [0.2, 0.25) is 13.1 Å². The molecule has 1 atom stereocenters. The Bertz CT molecular complexity index is 788. The van der Waals surface area contributed by atoms with Gasteiger partial charge in [0, 0.05) is 6.10 Å². The molecule has 0 bridgehead atoms. The second-order valence-corrected chi connectivity index (χ2v) is 12.9. The molecule has 0 aromatic heterocycles. The minimum Gasteiger partial charge on any atom is -0.410 e. The third-order valence-corrected chi connectivity index (χ3v) is 8.16. The molecule has 0 spiro atoms. The van der Waals surface area contributed by atoms with Crippen molar-refractivity contribution in [2.24, 2.45) is 0 Å². The van der Waals surface area contributed by atoms with Crippen LogP contribution in [0.3, 0.4) is 0 Å². The molecule has 0 heterocycles. The fourth-order valence-corrected chi connectivity index (χ4v) is 5.96. The van der Waals surface area contributed by atoms with E-state index in [2.05, 4.69) is 109 Å². The number of rotatable bonds is 8. The minimum atomic E-state index is -1.87. The van der Waals surface area contributed by atoms with Crippen LogP contribution in [-0.4, -0.2) is 14.4 Å². The molecule has 0 aliphatic carbocycles. The first-order chi connectivity index (χ1) is 13.1. The van der Waals surface area contributed by atoms with Crippen molar-refractivity contribution < 1.29 is 4.43 Å². The summed E-state index contributed by atoms with van der Waals surface area (Å²) in [6.45, 7) is 18.1. The average molecular weight is 395 g/mol. The van der Waals surface area contributed by atoms with Crippen molar-refractivity contribution in [2.75, 3.05) is 0 Å². The maximum absolute atomic E-state index is 6.51. The third kappa shape index (κ3) is 5.92. The van der Waals surface area contributed by atoms with Crippen LogP contribution in [0.5, 0.6) is 0 Å². The van der Waals surface area contributed by atoms with Gasteiger partial charge in [-0.15, -0.1) is 0 Å². The topological polar surface area (TPSA) is 9.23 Å². The lowest BCUT2D eigenvalue weighted by Gasteiger charge is -2.27. The highest BCUT2D eigenvalue weighted by atomic mass is 28.4. The van der Waals surface area contributed by atoms with E-state index in [4.69, 9.17) is 4.43 Å². The first-order valence-corrected chi connectivity index (χ1v) is 13.6. The summed E-state index contributed by atoms with van der Waals surface area (Å²) in [7, 11) is -1.87. The Labute approximate surface area is 174 Å². The molecule has 0 saturated heterocycles. The van der Waals surface area contributed by atoms with E-state index >= 15 is 0 Å². The van der Waals surface area contributed by atoms with E-state index in [1.807, 2.05) is 0 Å². The lowest BCUT2D eigenvalue weighted by atomic mass is 9.88. The van der Waals surface area contributed by atoms with E-state index < -0.39 is 8.32 Å². The molecule has 152 valence electrons. The van der Waals surface area contributed by atoms with Crippen LogP contribution in [0.1, 0.15) is 75.1 Å². The van der Waals surface area contributed by atoms with Crippen LogP contribution in [0.4, 0.5) is 0 Å². The van der Waals surface area contributed by atoms with Gasteiger partial charge in [-0.1, -0.05) is 82.3 Å². The second kappa shape index (κ2) is 9.71. The van der Waals surface area contributed by atoms with Crippen molar-refractivity contribution in [2.45, 2.75) is 79.0 Å². The van der Waals surface area contributed by atoms with E-state index in [-0.39, 0.29) is 6.10 Å². The molecule has 0 fully saturated rings. The van der Waals surface area contributed by atoms with Gasteiger partial charge < -0.3 is 4.43 Å². The lowest BCUT2D eigenvalue weighted by molar-refractivity contribution is 0.221. The fraction of sp³-hybridized carbons (Fsp3) is 0.462. The first-order valence-electron chi connectivity index (χ1n) is 10.7. The summed E-state index contributed by atoms with van der Waals surface area (Å²) in [5, 5.41) is 1.35. The van der Waals surface area contributed by atoms with Crippen molar-refractivity contribution >= 4 is 19.6 Å². The van der Waals surface area contributed by atoms with Crippen LogP contribution in [-0.2, 0) is 4.43 Å². The summed E-state index contributed by atoms with van der Waals surface area (Å²) in [6, 6.07) is 15.4. The Hall–Kier alpha value is -1.64. The van der Waals surface area contributed by atoms with E-state index in [0.717, 1.165) is 6.42 Å². The van der Waals surface area contributed by atoms with E-state index in [1.165, 1.54) is 27.4 Å². The van der Waals surface area contributed by atoms with Gasteiger partial charge in [0.25, 0.3) is 0 Å². The first kappa shape index (κ1) is 22.6. The van der Waals surface area contributed by atoms with Gasteiger partial charge in [0.05, 0.1) is 0 Å². The number of hydrogen-bond donors (Lipinski definition) is 0. The van der Waals surface area contributed by atoms with E-state index in [9.17, 15) is 0 Å². The number of aryl methyl sites for hydroxylation is 1. The van der Waals surface area contributed by atoms with Gasteiger partial charge in [-0.3, -0.25) is 0 Å². The summed E-state index contributed by atoms with van der Waals surface area (Å²) < 4.78 is 6.51. The molecule has 0 amide bonds. The van der Waals surface area contributed by atoms with E-state index in [1.54, 1.807) is 0 Å². The maximum atomic E-state index is 6.51. The summed E-state index contributed by atoms with van der Waals surface area (Å²) in [5.74, 6) is 1.09. The second-order valence-electron chi connectivity index (χ2n) is 9.09. The Balaban J connectivity index is 2.12. The zero-order valence-electron chi connectivity index (χ0n) is 19.0. The summed E-state index contributed by atoms with van der Waals surface area (Å²) >= 11 is 0. The van der Waals surface area contributed by atoms with E-state index in [0.29, 0.717) is 11.8 Å². The Morgan fingerprint density at radius 2 is 1.57 bits per heavy atom. The smallest absolute Gasteiger partial charge is 0.218 e. The molecule has 0 aliphatic rings. The van der Waals surface area contributed by atoms with Crippen molar-refractivity contribution in [3.63, 3.8) is 0 Å². The molecule has 1 nitrogen and oxygen atoms in total. The van der Waals surface area contributed by atoms with Gasteiger partial charge in [-0.05, 0) is 72.6 Å². The molecule has 0 radical (unpaired) electrons. The number of benzene rings is 2. The van der Waals surface area contributed by atoms with Crippen molar-refractivity contribution in [3.8, 4) is 0 Å². The molecule has 2 aromatic rings. The lowest BCUT2D eigenvalue weighted by Crippen LogP contribution is -2.46. The van der Waals surface area contributed by atoms with Crippen molar-refractivity contribution in [3.05, 3.63) is 70.8 Å². The Morgan fingerprint density at radius 1 is 0.929 bits per heavy atom. The standard InChI is InChI=1S/C26H38OSi/c1-19(2)23-17-21(5)25(26(18-23)20(3)4)16-12-13-22(6)27-28(7,8)24-14-10-9-11-15-24/h9-12,14-20,22H,13H2,1-8H3/b16-12-. The van der Waals surface area contributed by atoms with Gasteiger partial charge in [0.1, 0.15) is 0 Å². The highest BCUT2D eigenvalue weighted by molar-refractivity contribution is 6.84. The Morgan fingerprint density at radius 3 is 2.14 bits per heavy atom. The SMILES string of the molecule is Cc1cc(C(C)C)cc(C(C)C)c1/C=C\CC(C)O[Si](C)(C)c1ccccc1. The van der Waals surface area contributed by atoms with Crippen LogP contribution in [0.25, 0.3) is 6.08 Å². The molecular weight excluding hydrogens is 356 g/mol. The minimum absolute atomic E-state index is 0.218. The van der Waals surface area contributed by atoms with Crippen molar-refractivity contribution in [1.29, 1.82) is 0 Å². The normalized spacial score (nSPS) is 13.6. The van der Waals surface area contributed by atoms with Crippen LogP contribution >= 0.6 is 0 Å². The average Bonchev–Trinajstić information content (AvgIpc) is 2.62. The largest absolute Gasteiger partial charge is 0.410 e. The zero-order valence-corrected chi connectivity index (χ0v) is 20.0. The molecule has 0 aliphatic heterocycles. The highest BCUT2D eigenvalue weighted by Crippen LogP contribution is 2.29. The molecule has 28 heavy (non-hydrogen) atoms. The molecular formula is C26H38OSi. The Kier molecular flexibility index (Phi) is 7.85. The summed E-state index contributed by atoms with van der Waals surface area (Å²) in [6.07, 6.45) is 5.76. The van der Waals surface area contributed by atoms with Gasteiger partial charge in [-0.2, -0.15) is 0 Å². The third-order valence-electron chi connectivity index (χ3n) is 5.45. The monoisotopic (exact) mass is 394 g/mol. The fourth-order valence-electron chi connectivity index (χ4n) is 3.73. The van der Waals surface area contributed by atoms with Crippen LogP contribution in [0, 0.1) is 6.92 Å². The van der Waals surface area contributed by atoms with Crippen molar-refractivity contribution in [1.82, 2.24) is 0 Å². The van der Waals surface area contributed by atoms with Gasteiger partial charge in [0.2, 0.25) is 8.32 Å². The molecule has 2 aromatic carbocycles. The maximum Gasteiger partial charge on any atom is 0.218 e. The van der Waals surface area contributed by atoms with Gasteiger partial charge >= 0.3 is 0 Å². The molecule has 2 heteroatoms. The predicted molar refractivity (Wildman–Crippen MR) is 127 cm³/mol. The predicted octanol–water partition coefficient (Wildman–Crippen LogP) is 7.16. The molecule has 0 saturated carbocycles. The van der Waals surface area contributed by atoms with Gasteiger partial charge in [0.15, 0.2) is 0 Å². The van der Waals surface area contributed by atoms with Gasteiger partial charge in [-0.25, -0.2) is 0 Å². The number of hydrogen-bond acceptors (Lipinski definition) is 1. The highest BCUT2D eigenvalue weighted by Gasteiger charge is 2.26.